The highest BCUT2D eigenvalue weighted by Gasteiger charge is 2.18. The zero-order valence-electron chi connectivity index (χ0n) is 14.3. The van der Waals surface area contributed by atoms with Crippen LogP contribution in [0.1, 0.15) is 16.8 Å². The SMILES string of the molecule is Cc1cc(-c2ccc3c4c(ccnc24)CCO3)c2ccc(C#N)nc2c1. The van der Waals surface area contributed by atoms with Gasteiger partial charge in [-0.3, -0.25) is 4.98 Å². The van der Waals surface area contributed by atoms with Gasteiger partial charge < -0.3 is 4.74 Å². The van der Waals surface area contributed by atoms with E-state index in [0.717, 1.165) is 50.7 Å². The molecule has 4 nitrogen and oxygen atoms in total. The van der Waals surface area contributed by atoms with E-state index in [9.17, 15) is 0 Å². The molecule has 4 aromatic rings. The molecule has 0 N–H and O–H groups in total. The van der Waals surface area contributed by atoms with Crippen molar-refractivity contribution in [2.24, 2.45) is 0 Å². The summed E-state index contributed by atoms with van der Waals surface area (Å²) >= 11 is 0. The Bertz CT molecular complexity index is 1230. The third kappa shape index (κ3) is 2.14. The van der Waals surface area contributed by atoms with Crippen LogP contribution in [0.3, 0.4) is 0 Å². The zero-order chi connectivity index (χ0) is 17.7. The molecule has 0 saturated carbocycles. The smallest absolute Gasteiger partial charge is 0.141 e. The molecule has 26 heavy (non-hydrogen) atoms. The van der Waals surface area contributed by atoms with Crippen molar-refractivity contribution in [2.45, 2.75) is 13.3 Å². The van der Waals surface area contributed by atoms with Gasteiger partial charge in [-0.15, -0.1) is 0 Å². The Balaban J connectivity index is 1.87. The third-order valence-corrected chi connectivity index (χ3v) is 4.93. The van der Waals surface area contributed by atoms with Crippen LogP contribution in [0.4, 0.5) is 0 Å². The number of benzene rings is 2. The van der Waals surface area contributed by atoms with Crippen molar-refractivity contribution in [1.29, 1.82) is 5.26 Å². The minimum atomic E-state index is 0.428. The van der Waals surface area contributed by atoms with E-state index in [4.69, 9.17) is 10.00 Å². The second-order valence-corrected chi connectivity index (χ2v) is 6.59. The van der Waals surface area contributed by atoms with Crippen molar-refractivity contribution in [1.82, 2.24) is 9.97 Å². The van der Waals surface area contributed by atoms with Crippen molar-refractivity contribution >= 4 is 21.8 Å². The lowest BCUT2D eigenvalue weighted by Gasteiger charge is -2.20. The number of ether oxygens (including phenoxy) is 1. The summed E-state index contributed by atoms with van der Waals surface area (Å²) in [5.41, 5.74) is 6.74. The largest absolute Gasteiger partial charge is 0.493 e. The number of nitrogens with zero attached hydrogens (tertiary/aromatic N) is 3. The van der Waals surface area contributed by atoms with Crippen LogP contribution in [-0.2, 0) is 6.42 Å². The van der Waals surface area contributed by atoms with Gasteiger partial charge in [-0.1, -0.05) is 6.07 Å². The van der Waals surface area contributed by atoms with Gasteiger partial charge in [0.15, 0.2) is 0 Å². The molecule has 5 rings (SSSR count). The van der Waals surface area contributed by atoms with Crippen molar-refractivity contribution in [3.05, 3.63) is 65.5 Å². The number of pyridine rings is 2. The molecule has 0 amide bonds. The summed E-state index contributed by atoms with van der Waals surface area (Å²) in [7, 11) is 0. The number of nitriles is 1. The first kappa shape index (κ1) is 14.9. The van der Waals surface area contributed by atoms with E-state index in [1.807, 2.05) is 31.3 Å². The molecule has 0 aliphatic carbocycles. The lowest BCUT2D eigenvalue weighted by atomic mass is 9.93. The van der Waals surface area contributed by atoms with Gasteiger partial charge in [-0.25, -0.2) is 4.98 Å². The van der Waals surface area contributed by atoms with Gasteiger partial charge >= 0.3 is 0 Å². The molecule has 124 valence electrons. The second kappa shape index (κ2) is 5.53. The second-order valence-electron chi connectivity index (χ2n) is 6.59. The maximum atomic E-state index is 9.15. The monoisotopic (exact) mass is 337 g/mol. The van der Waals surface area contributed by atoms with Gasteiger partial charge in [0.1, 0.15) is 17.5 Å². The first-order valence-corrected chi connectivity index (χ1v) is 8.60. The minimum absolute atomic E-state index is 0.428. The number of hydrogen-bond acceptors (Lipinski definition) is 4. The molecule has 0 spiro atoms. The summed E-state index contributed by atoms with van der Waals surface area (Å²) in [6.45, 7) is 2.75. The van der Waals surface area contributed by atoms with E-state index < -0.39 is 0 Å². The number of hydrogen-bond donors (Lipinski definition) is 0. The predicted molar refractivity (Wildman–Crippen MR) is 101 cm³/mol. The molecule has 0 atom stereocenters. The van der Waals surface area contributed by atoms with Crippen LogP contribution < -0.4 is 4.74 Å². The van der Waals surface area contributed by atoms with Crippen molar-refractivity contribution in [3.8, 4) is 22.9 Å². The van der Waals surface area contributed by atoms with Crippen LogP contribution in [0.25, 0.3) is 32.9 Å². The average molecular weight is 337 g/mol. The summed E-state index contributed by atoms with van der Waals surface area (Å²) in [5, 5.41) is 11.3. The van der Waals surface area contributed by atoms with Crippen molar-refractivity contribution in [2.75, 3.05) is 6.61 Å². The van der Waals surface area contributed by atoms with E-state index >= 15 is 0 Å². The topological polar surface area (TPSA) is 58.8 Å². The number of aryl methyl sites for hydroxylation is 1. The molecular weight excluding hydrogens is 322 g/mol. The summed E-state index contributed by atoms with van der Waals surface area (Å²) < 4.78 is 5.84. The highest BCUT2D eigenvalue weighted by atomic mass is 16.5. The number of fused-ring (bicyclic) bond motifs is 1. The average Bonchev–Trinajstić information content (AvgIpc) is 2.67. The highest BCUT2D eigenvalue weighted by molar-refractivity contribution is 6.06. The Labute approximate surface area is 150 Å². The molecule has 0 unspecified atom stereocenters. The molecule has 0 saturated heterocycles. The Kier molecular flexibility index (Phi) is 3.16. The molecule has 2 aromatic heterocycles. The fraction of sp³-hybridized carbons (Fsp3) is 0.136. The van der Waals surface area contributed by atoms with E-state index in [1.165, 1.54) is 5.56 Å². The van der Waals surface area contributed by atoms with Gasteiger partial charge in [-0.2, -0.15) is 5.26 Å². The Morgan fingerprint density at radius 3 is 2.88 bits per heavy atom. The summed E-state index contributed by atoms with van der Waals surface area (Å²) in [6.07, 6.45) is 2.78. The Morgan fingerprint density at radius 2 is 2.00 bits per heavy atom. The van der Waals surface area contributed by atoms with E-state index in [-0.39, 0.29) is 0 Å². The zero-order valence-corrected chi connectivity index (χ0v) is 14.3. The van der Waals surface area contributed by atoms with Crippen LogP contribution in [0, 0.1) is 18.3 Å². The summed E-state index contributed by atoms with van der Waals surface area (Å²) in [5.74, 6) is 0.903. The van der Waals surface area contributed by atoms with Gasteiger partial charge in [0.2, 0.25) is 0 Å². The summed E-state index contributed by atoms with van der Waals surface area (Å²) in [4.78, 5) is 9.16. The molecule has 4 heteroatoms. The van der Waals surface area contributed by atoms with E-state index in [0.29, 0.717) is 12.3 Å². The minimum Gasteiger partial charge on any atom is -0.493 e. The molecule has 0 bridgehead atoms. The molecule has 1 aliphatic rings. The highest BCUT2D eigenvalue weighted by Crippen LogP contribution is 2.39. The third-order valence-electron chi connectivity index (χ3n) is 4.93. The normalized spacial score (nSPS) is 12.8. The van der Waals surface area contributed by atoms with E-state index in [2.05, 4.69) is 34.2 Å². The molecule has 2 aromatic carbocycles. The standard InChI is InChI=1S/C22H15N3O/c1-13-10-18(16-3-2-15(12-23)25-19(16)11-13)17-4-5-20-21-14(7-9-26-20)6-8-24-22(17)21/h2-6,8,10-11H,7,9H2,1H3. The van der Waals surface area contributed by atoms with Crippen LogP contribution in [0.15, 0.2) is 48.7 Å². The van der Waals surface area contributed by atoms with Crippen LogP contribution in [0.2, 0.25) is 0 Å². The lowest BCUT2D eigenvalue weighted by Crippen LogP contribution is -2.09. The number of rotatable bonds is 1. The van der Waals surface area contributed by atoms with Gasteiger partial charge in [0.05, 0.1) is 17.6 Å². The fourth-order valence-corrected chi connectivity index (χ4v) is 3.78. The maximum Gasteiger partial charge on any atom is 0.141 e. The molecule has 0 fully saturated rings. The fourth-order valence-electron chi connectivity index (χ4n) is 3.78. The molecule has 3 heterocycles. The van der Waals surface area contributed by atoms with Crippen molar-refractivity contribution in [3.63, 3.8) is 0 Å². The summed E-state index contributed by atoms with van der Waals surface area (Å²) in [6, 6.07) is 16.2. The first-order chi connectivity index (χ1) is 12.7. The molecular formula is C22H15N3O. The van der Waals surface area contributed by atoms with Gasteiger partial charge in [0, 0.05) is 29.0 Å². The first-order valence-electron chi connectivity index (χ1n) is 8.60. The maximum absolute atomic E-state index is 9.15. The van der Waals surface area contributed by atoms with Gasteiger partial charge in [-0.05, 0) is 60.0 Å². The lowest BCUT2D eigenvalue weighted by molar-refractivity contribution is 0.318. The van der Waals surface area contributed by atoms with Crippen LogP contribution in [0.5, 0.6) is 5.75 Å². The Morgan fingerprint density at radius 1 is 1.08 bits per heavy atom. The molecule has 1 aliphatic heterocycles. The van der Waals surface area contributed by atoms with Gasteiger partial charge in [0.25, 0.3) is 0 Å². The Hall–Kier alpha value is -3.45. The van der Waals surface area contributed by atoms with E-state index in [1.54, 1.807) is 6.07 Å². The van der Waals surface area contributed by atoms with Crippen LogP contribution >= 0.6 is 0 Å². The predicted octanol–water partition coefficient (Wildman–Crippen LogP) is 4.57. The van der Waals surface area contributed by atoms with Crippen molar-refractivity contribution < 1.29 is 4.74 Å². The van der Waals surface area contributed by atoms with Crippen LogP contribution in [-0.4, -0.2) is 16.6 Å². The molecule has 0 radical (unpaired) electrons. The number of aromatic nitrogens is 2. The quantitative estimate of drug-likeness (QED) is 0.511.